The summed E-state index contributed by atoms with van der Waals surface area (Å²) in [4.78, 5) is 43.6. The van der Waals surface area contributed by atoms with Crippen molar-refractivity contribution in [3.05, 3.63) is 88.7 Å². The first-order chi connectivity index (χ1) is 30.5. The summed E-state index contributed by atoms with van der Waals surface area (Å²) in [5.41, 5.74) is 8.15. The van der Waals surface area contributed by atoms with Crippen LogP contribution in [0.25, 0.3) is 5.57 Å². The highest BCUT2D eigenvalue weighted by Crippen LogP contribution is 2.34. The Morgan fingerprint density at radius 2 is 1.48 bits per heavy atom. The van der Waals surface area contributed by atoms with Gasteiger partial charge in [0.25, 0.3) is 11.8 Å². The number of amides is 3. The number of rotatable bonds is 23. The monoisotopic (exact) mass is 873 g/mol. The van der Waals surface area contributed by atoms with Gasteiger partial charge in [0.05, 0.1) is 44.2 Å². The molecule has 3 amide bonds. The summed E-state index contributed by atoms with van der Waals surface area (Å²) in [7, 11) is 0. The van der Waals surface area contributed by atoms with Crippen LogP contribution in [0.2, 0.25) is 0 Å². The number of carbonyl (C=O) groups excluding carboxylic acids is 3. The van der Waals surface area contributed by atoms with Crippen molar-refractivity contribution in [2.45, 2.75) is 120 Å². The lowest BCUT2D eigenvalue weighted by Crippen LogP contribution is -2.51. The molecule has 1 atom stereocenters. The number of imide groups is 1. The second-order valence-corrected chi connectivity index (χ2v) is 16.3. The molecule has 63 heavy (non-hydrogen) atoms. The van der Waals surface area contributed by atoms with Gasteiger partial charge in [0.1, 0.15) is 11.8 Å². The minimum absolute atomic E-state index is 0.301. The summed E-state index contributed by atoms with van der Waals surface area (Å²) in [6.07, 6.45) is 11.9. The van der Waals surface area contributed by atoms with Crippen molar-refractivity contribution in [1.29, 1.82) is 0 Å². The number of benzene rings is 2. The number of piperidine rings is 1. The van der Waals surface area contributed by atoms with Gasteiger partial charge in [-0.2, -0.15) is 0 Å². The molecule has 2 aromatic rings. The minimum atomic E-state index is -0.785. The van der Waals surface area contributed by atoms with E-state index < -0.39 is 17.9 Å². The van der Waals surface area contributed by atoms with Crippen LogP contribution in [-0.2, 0) is 19.0 Å². The third kappa shape index (κ3) is 16.3. The zero-order valence-corrected chi connectivity index (χ0v) is 40.3. The largest absolute Gasteiger partial charge is 0.494 e. The van der Waals surface area contributed by atoms with Crippen molar-refractivity contribution in [2.75, 3.05) is 83.9 Å². The van der Waals surface area contributed by atoms with E-state index in [1.165, 1.54) is 28.0 Å². The molecule has 1 unspecified atom stereocenters. The Hall–Kier alpha value is -4.29. The number of ether oxygens (including phenoxy) is 4. The van der Waals surface area contributed by atoms with Crippen LogP contribution in [0.4, 0.5) is 5.69 Å². The molecule has 11 heteroatoms. The molecule has 0 spiro atoms. The van der Waals surface area contributed by atoms with E-state index in [1.54, 1.807) is 18.2 Å². The van der Waals surface area contributed by atoms with Gasteiger partial charge in [-0.15, -0.1) is 0 Å². The fourth-order valence-electron chi connectivity index (χ4n) is 7.97. The number of aryl methyl sites for hydroxylation is 1. The maximum atomic E-state index is 12.7. The van der Waals surface area contributed by atoms with Crippen molar-refractivity contribution >= 4 is 29.0 Å². The molecule has 3 heterocycles. The maximum absolute atomic E-state index is 12.7. The van der Waals surface area contributed by atoms with Crippen LogP contribution in [0.5, 0.6) is 5.75 Å². The van der Waals surface area contributed by atoms with Gasteiger partial charge in [-0.1, -0.05) is 86.1 Å². The third-order valence-corrected chi connectivity index (χ3v) is 11.3. The molecule has 11 nitrogen and oxygen atoms in total. The van der Waals surface area contributed by atoms with Gasteiger partial charge in [0.15, 0.2) is 0 Å². The molecule has 3 aliphatic heterocycles. The van der Waals surface area contributed by atoms with Gasteiger partial charge in [-0.05, 0) is 111 Å². The molecule has 0 radical (unpaired) electrons. The molecule has 0 aromatic heterocycles. The predicted octanol–water partition coefficient (Wildman–Crippen LogP) is 10.0. The van der Waals surface area contributed by atoms with E-state index >= 15 is 0 Å². The quantitative estimate of drug-likeness (QED) is 0.0663. The molecule has 2 fully saturated rings. The van der Waals surface area contributed by atoms with Gasteiger partial charge in [-0.25, -0.2) is 0 Å². The van der Waals surface area contributed by atoms with Crippen molar-refractivity contribution in [3.8, 4) is 5.75 Å². The van der Waals surface area contributed by atoms with Crippen LogP contribution in [0.15, 0.2) is 66.4 Å². The van der Waals surface area contributed by atoms with E-state index in [0.29, 0.717) is 74.4 Å². The number of hydrogen-bond acceptors (Lipinski definition) is 9. The number of hydrogen-bond donors (Lipinski definition) is 1. The molecule has 0 saturated carbocycles. The normalized spacial score (nSPS) is 17.0. The Bertz CT molecular complexity index is 1800. The van der Waals surface area contributed by atoms with Crippen LogP contribution >= 0.6 is 0 Å². The molecule has 2 aromatic carbocycles. The first kappa shape index (κ1) is 53.1. The Morgan fingerprint density at radius 1 is 0.810 bits per heavy atom. The zero-order chi connectivity index (χ0) is 46.1. The van der Waals surface area contributed by atoms with E-state index in [1.807, 2.05) is 13.8 Å². The number of carbonyl (C=O) groups is 3. The molecule has 0 aliphatic carbocycles. The first-order valence-corrected chi connectivity index (χ1v) is 23.9. The van der Waals surface area contributed by atoms with Gasteiger partial charge < -0.3 is 29.2 Å². The van der Waals surface area contributed by atoms with Crippen molar-refractivity contribution in [3.63, 3.8) is 0 Å². The van der Waals surface area contributed by atoms with Crippen LogP contribution in [0, 0.1) is 12.8 Å². The third-order valence-electron chi connectivity index (χ3n) is 11.3. The molecule has 1 N–H and O–H groups in total. The van der Waals surface area contributed by atoms with Crippen LogP contribution in [0.3, 0.4) is 0 Å². The highest BCUT2D eigenvalue weighted by atomic mass is 16.5. The van der Waals surface area contributed by atoms with Gasteiger partial charge in [-0.3, -0.25) is 24.2 Å². The summed E-state index contributed by atoms with van der Waals surface area (Å²) in [5.74, 6) is -0.129. The molecule has 0 bridgehead atoms. The van der Waals surface area contributed by atoms with Crippen LogP contribution < -0.4 is 15.0 Å². The average molecular weight is 873 g/mol. The summed E-state index contributed by atoms with van der Waals surface area (Å²) in [6, 6.07) is 11.1. The maximum Gasteiger partial charge on any atom is 0.262 e. The summed E-state index contributed by atoms with van der Waals surface area (Å²) >= 11 is 0. The topological polar surface area (TPSA) is 110 Å². The SMILES string of the molecule is C/C=C(\C(=C/CC)C(C)C)c1ccc(N2CCN(CCCOCCOCCOCCC)CC2)cc1C.C=C1CCC(N2C(=O)c3ccc(OCCCCC)cc3C2=O)C(=O)N1.CC. The Labute approximate surface area is 380 Å². The number of piperazine rings is 1. The van der Waals surface area contributed by atoms with E-state index in [-0.39, 0.29) is 5.91 Å². The standard InChI is InChI=1S/C31H52N2O3.C19H22N2O4.C2H6/c1-7-11-30(26(4)5)29(9-3)31-13-12-28(25-27(31)6)33-17-15-32(16-18-33)14-10-20-35-22-24-36-23-21-34-19-8-2;1-3-4-5-10-25-13-7-8-14-15(11-13)19(24)21(18(14)23)16-9-6-12(2)20-17(16)22;1-2/h9,11-13,25-26H,7-8,10,14-24H2,1-6H3;7-8,11,16H,2-6,9-10H2,1H3,(H,20,22);1-2H3/b29-9+,30-11-;;. The summed E-state index contributed by atoms with van der Waals surface area (Å²) in [6.45, 7) is 33.5. The van der Waals surface area contributed by atoms with E-state index in [0.717, 1.165) is 89.4 Å². The average Bonchev–Trinajstić information content (AvgIpc) is 3.53. The number of nitrogens with one attached hydrogen (secondary N) is 1. The van der Waals surface area contributed by atoms with Gasteiger partial charge in [0, 0.05) is 57.3 Å². The first-order valence-electron chi connectivity index (χ1n) is 23.9. The molecule has 3 aliphatic rings. The lowest BCUT2D eigenvalue weighted by atomic mass is 9.87. The van der Waals surface area contributed by atoms with Crippen molar-refractivity contribution in [1.82, 2.24) is 15.1 Å². The number of allylic oxidation sites excluding steroid dienone is 5. The second-order valence-electron chi connectivity index (χ2n) is 16.3. The molecular formula is C52H80N4O7. The van der Waals surface area contributed by atoms with Crippen molar-refractivity contribution < 1.29 is 33.3 Å². The summed E-state index contributed by atoms with van der Waals surface area (Å²) in [5, 5.41) is 2.62. The minimum Gasteiger partial charge on any atom is -0.494 e. The molecule has 5 rings (SSSR count). The number of fused-ring (bicyclic) bond motifs is 1. The smallest absolute Gasteiger partial charge is 0.262 e. The lowest BCUT2D eigenvalue weighted by molar-refractivity contribution is -0.125. The number of nitrogens with zero attached hydrogens (tertiary/aromatic N) is 3. The van der Waals surface area contributed by atoms with Crippen molar-refractivity contribution in [2.24, 2.45) is 5.92 Å². The van der Waals surface area contributed by atoms with E-state index in [2.05, 4.69) is 101 Å². The van der Waals surface area contributed by atoms with Gasteiger partial charge in [0.2, 0.25) is 5.91 Å². The van der Waals surface area contributed by atoms with Gasteiger partial charge >= 0.3 is 0 Å². The lowest BCUT2D eigenvalue weighted by Gasteiger charge is -2.36. The highest BCUT2D eigenvalue weighted by Gasteiger charge is 2.44. The fraction of sp³-hybridized carbons (Fsp3) is 0.596. The van der Waals surface area contributed by atoms with E-state index in [4.69, 9.17) is 18.9 Å². The fourth-order valence-corrected chi connectivity index (χ4v) is 7.97. The highest BCUT2D eigenvalue weighted by molar-refractivity contribution is 6.23. The zero-order valence-electron chi connectivity index (χ0n) is 40.3. The van der Waals surface area contributed by atoms with E-state index in [9.17, 15) is 14.4 Å². The molecule has 350 valence electrons. The number of anilines is 1. The predicted molar refractivity (Wildman–Crippen MR) is 258 cm³/mol. The Balaban J connectivity index is 0.000000341. The molecule has 2 saturated heterocycles. The Morgan fingerprint density at radius 3 is 2.08 bits per heavy atom. The van der Waals surface area contributed by atoms with Crippen LogP contribution in [-0.4, -0.2) is 113 Å². The molecular weight excluding hydrogens is 793 g/mol. The van der Waals surface area contributed by atoms with Crippen LogP contribution in [0.1, 0.15) is 139 Å². The number of unbranched alkanes of at least 4 members (excludes halogenated alkanes) is 2. The summed E-state index contributed by atoms with van der Waals surface area (Å²) < 4.78 is 22.3. The second kappa shape index (κ2) is 29.2. The Kier molecular flexibility index (Phi) is 24.6.